The third-order valence-electron chi connectivity index (χ3n) is 2.88. The molecule has 0 bridgehead atoms. The highest BCUT2D eigenvalue weighted by Gasteiger charge is 2.13. The molecule has 0 saturated heterocycles. The number of hydrogen-bond donors (Lipinski definition) is 0. The van der Waals surface area contributed by atoms with Crippen LogP contribution >= 0.6 is 11.6 Å². The molecule has 0 amide bonds. The van der Waals surface area contributed by atoms with Crippen LogP contribution in [0, 0.1) is 22.7 Å². The maximum Gasteiger partial charge on any atom is 0.101 e. The lowest BCUT2D eigenvalue weighted by Crippen LogP contribution is -2.19. The standard InChI is InChI=1S/C16H12ClN3/c17-14-7-8-16(13(11-14)12-19)20(10-4-9-18)15-5-2-1-3-6-15/h1-3,5-8,11H,4,10H2. The maximum absolute atomic E-state index is 9.26. The molecular weight excluding hydrogens is 270 g/mol. The van der Waals surface area contributed by atoms with Crippen molar-refractivity contribution in [1.29, 1.82) is 10.5 Å². The molecule has 2 aromatic carbocycles. The van der Waals surface area contributed by atoms with Crippen molar-refractivity contribution in [2.75, 3.05) is 11.4 Å². The molecule has 98 valence electrons. The fraction of sp³-hybridized carbons (Fsp3) is 0.125. The highest BCUT2D eigenvalue weighted by Crippen LogP contribution is 2.30. The van der Waals surface area contributed by atoms with Crippen LogP contribution in [0.2, 0.25) is 5.02 Å². The Morgan fingerprint density at radius 1 is 1.05 bits per heavy atom. The van der Waals surface area contributed by atoms with Gasteiger partial charge in [-0.25, -0.2) is 0 Å². The van der Waals surface area contributed by atoms with Crippen molar-refractivity contribution in [3.05, 3.63) is 59.1 Å². The number of para-hydroxylation sites is 1. The van der Waals surface area contributed by atoms with Crippen LogP contribution < -0.4 is 4.90 Å². The summed E-state index contributed by atoms with van der Waals surface area (Å²) < 4.78 is 0. The number of anilines is 2. The zero-order valence-electron chi connectivity index (χ0n) is 10.8. The van der Waals surface area contributed by atoms with Crippen molar-refractivity contribution in [3.8, 4) is 12.1 Å². The Morgan fingerprint density at radius 3 is 2.45 bits per heavy atom. The minimum absolute atomic E-state index is 0.377. The second-order valence-electron chi connectivity index (χ2n) is 4.17. The highest BCUT2D eigenvalue weighted by molar-refractivity contribution is 6.30. The lowest BCUT2D eigenvalue weighted by molar-refractivity contribution is 0.946. The van der Waals surface area contributed by atoms with Crippen molar-refractivity contribution < 1.29 is 0 Å². The van der Waals surface area contributed by atoms with E-state index in [1.54, 1.807) is 12.1 Å². The molecular formula is C16H12ClN3. The first kappa shape index (κ1) is 13.9. The van der Waals surface area contributed by atoms with Crippen LogP contribution in [0.15, 0.2) is 48.5 Å². The van der Waals surface area contributed by atoms with Gasteiger partial charge in [-0.3, -0.25) is 0 Å². The monoisotopic (exact) mass is 281 g/mol. The molecule has 0 aromatic heterocycles. The number of benzene rings is 2. The fourth-order valence-electron chi connectivity index (χ4n) is 1.99. The van der Waals surface area contributed by atoms with Crippen LogP contribution in [0.25, 0.3) is 0 Å². The smallest absolute Gasteiger partial charge is 0.101 e. The lowest BCUT2D eigenvalue weighted by atomic mass is 10.1. The van der Waals surface area contributed by atoms with Gasteiger partial charge in [0.25, 0.3) is 0 Å². The molecule has 0 N–H and O–H groups in total. The van der Waals surface area contributed by atoms with Crippen molar-refractivity contribution >= 4 is 23.0 Å². The van der Waals surface area contributed by atoms with E-state index in [2.05, 4.69) is 12.1 Å². The van der Waals surface area contributed by atoms with E-state index in [1.165, 1.54) is 0 Å². The molecule has 20 heavy (non-hydrogen) atoms. The summed E-state index contributed by atoms with van der Waals surface area (Å²) >= 11 is 5.93. The third kappa shape index (κ3) is 3.09. The Kier molecular flexibility index (Phi) is 4.60. The average molecular weight is 282 g/mol. The summed E-state index contributed by atoms with van der Waals surface area (Å²) in [5, 5.41) is 18.6. The van der Waals surface area contributed by atoms with E-state index in [-0.39, 0.29) is 0 Å². The van der Waals surface area contributed by atoms with Crippen LogP contribution in [0.1, 0.15) is 12.0 Å². The van der Waals surface area contributed by atoms with Gasteiger partial charge in [0.15, 0.2) is 0 Å². The van der Waals surface area contributed by atoms with E-state index in [0.29, 0.717) is 23.6 Å². The van der Waals surface area contributed by atoms with E-state index >= 15 is 0 Å². The fourth-order valence-corrected chi connectivity index (χ4v) is 2.16. The first-order chi connectivity index (χ1) is 9.76. The van der Waals surface area contributed by atoms with Crippen LogP contribution in [0.5, 0.6) is 0 Å². The summed E-state index contributed by atoms with van der Waals surface area (Å²) in [5.74, 6) is 0. The molecule has 0 heterocycles. The summed E-state index contributed by atoms with van der Waals surface area (Å²) in [6, 6.07) is 19.2. The summed E-state index contributed by atoms with van der Waals surface area (Å²) in [6.07, 6.45) is 0.377. The molecule has 0 atom stereocenters. The van der Waals surface area contributed by atoms with E-state index in [0.717, 1.165) is 11.4 Å². The molecule has 0 saturated carbocycles. The molecule has 0 aliphatic heterocycles. The Hall–Kier alpha value is -2.49. The van der Waals surface area contributed by atoms with Gasteiger partial charge in [-0.15, -0.1) is 0 Å². The maximum atomic E-state index is 9.26. The number of nitriles is 2. The van der Waals surface area contributed by atoms with Gasteiger partial charge in [0.05, 0.1) is 23.7 Å². The number of rotatable bonds is 4. The van der Waals surface area contributed by atoms with E-state index < -0.39 is 0 Å². The van der Waals surface area contributed by atoms with Gasteiger partial charge in [-0.05, 0) is 30.3 Å². The van der Waals surface area contributed by atoms with Crippen molar-refractivity contribution in [2.45, 2.75) is 6.42 Å². The molecule has 0 radical (unpaired) electrons. The van der Waals surface area contributed by atoms with Gasteiger partial charge in [0.2, 0.25) is 0 Å². The lowest BCUT2D eigenvalue weighted by Gasteiger charge is -2.25. The SMILES string of the molecule is N#CCCN(c1ccccc1)c1ccc(Cl)cc1C#N. The van der Waals surface area contributed by atoms with Crippen molar-refractivity contribution in [2.24, 2.45) is 0 Å². The van der Waals surface area contributed by atoms with Crippen molar-refractivity contribution in [3.63, 3.8) is 0 Å². The third-order valence-corrected chi connectivity index (χ3v) is 3.12. The highest BCUT2D eigenvalue weighted by atomic mass is 35.5. The van der Waals surface area contributed by atoms with E-state index in [1.807, 2.05) is 41.3 Å². The molecule has 0 aliphatic carbocycles. The topological polar surface area (TPSA) is 50.8 Å². The Labute approximate surface area is 123 Å². The van der Waals surface area contributed by atoms with Gasteiger partial charge >= 0.3 is 0 Å². The Balaban J connectivity index is 2.48. The van der Waals surface area contributed by atoms with Gasteiger partial charge in [-0.2, -0.15) is 10.5 Å². The second kappa shape index (κ2) is 6.61. The van der Waals surface area contributed by atoms with E-state index in [9.17, 15) is 5.26 Å². The average Bonchev–Trinajstić information content (AvgIpc) is 2.49. The largest absolute Gasteiger partial charge is 0.339 e. The number of halogens is 1. The van der Waals surface area contributed by atoms with Gasteiger partial charge in [0.1, 0.15) is 6.07 Å². The predicted octanol–water partition coefficient (Wildman–Crippen LogP) is 4.26. The molecule has 0 unspecified atom stereocenters. The zero-order chi connectivity index (χ0) is 14.4. The summed E-state index contributed by atoms with van der Waals surface area (Å²) in [4.78, 5) is 1.96. The molecule has 3 nitrogen and oxygen atoms in total. The normalized spacial score (nSPS) is 9.55. The van der Waals surface area contributed by atoms with Gasteiger partial charge < -0.3 is 4.90 Å². The Morgan fingerprint density at radius 2 is 1.80 bits per heavy atom. The van der Waals surface area contributed by atoms with Crippen LogP contribution in [0.3, 0.4) is 0 Å². The van der Waals surface area contributed by atoms with Crippen molar-refractivity contribution in [1.82, 2.24) is 0 Å². The molecule has 2 aromatic rings. The second-order valence-corrected chi connectivity index (χ2v) is 4.61. The molecule has 4 heteroatoms. The molecule has 0 spiro atoms. The van der Waals surface area contributed by atoms with Crippen LogP contribution in [0.4, 0.5) is 11.4 Å². The van der Waals surface area contributed by atoms with Crippen LogP contribution in [-0.2, 0) is 0 Å². The number of nitrogens with zero attached hydrogens (tertiary/aromatic N) is 3. The summed E-state index contributed by atoms with van der Waals surface area (Å²) in [5.41, 5.74) is 2.21. The molecule has 0 fully saturated rings. The minimum Gasteiger partial charge on any atom is -0.339 e. The molecule has 2 rings (SSSR count). The molecule has 0 aliphatic rings. The Bertz CT molecular complexity index is 668. The summed E-state index contributed by atoms with van der Waals surface area (Å²) in [7, 11) is 0. The first-order valence-corrected chi connectivity index (χ1v) is 6.53. The minimum atomic E-state index is 0.377. The first-order valence-electron chi connectivity index (χ1n) is 6.15. The van der Waals surface area contributed by atoms with E-state index in [4.69, 9.17) is 16.9 Å². The van der Waals surface area contributed by atoms with Gasteiger partial charge in [0, 0.05) is 17.3 Å². The summed E-state index contributed by atoms with van der Waals surface area (Å²) in [6.45, 7) is 0.525. The quantitative estimate of drug-likeness (QED) is 0.841. The number of hydrogen-bond acceptors (Lipinski definition) is 3. The zero-order valence-corrected chi connectivity index (χ0v) is 11.5. The van der Waals surface area contributed by atoms with Crippen LogP contribution in [-0.4, -0.2) is 6.54 Å². The predicted molar refractivity (Wildman–Crippen MR) is 79.8 cm³/mol. The van der Waals surface area contributed by atoms with Gasteiger partial charge in [-0.1, -0.05) is 29.8 Å².